The maximum Gasteiger partial charge on any atom is 0.223 e. The van der Waals surface area contributed by atoms with Crippen LogP contribution in [0.2, 0.25) is 10.0 Å². The minimum atomic E-state index is -0.0700. The van der Waals surface area contributed by atoms with Crippen molar-refractivity contribution in [2.24, 2.45) is 0 Å². The smallest absolute Gasteiger partial charge is 0.223 e. The first-order valence-electron chi connectivity index (χ1n) is 8.66. The highest BCUT2D eigenvalue weighted by Gasteiger charge is 2.18. The summed E-state index contributed by atoms with van der Waals surface area (Å²) in [5.74, 6) is 1.13. The molecule has 0 bridgehead atoms. The summed E-state index contributed by atoms with van der Waals surface area (Å²) in [7, 11) is 1.79. The predicted octanol–water partition coefficient (Wildman–Crippen LogP) is 5.80. The summed E-state index contributed by atoms with van der Waals surface area (Å²) in [6.07, 6.45) is 2.37. The third kappa shape index (κ3) is 4.71. The van der Waals surface area contributed by atoms with Crippen molar-refractivity contribution in [1.29, 1.82) is 0 Å². The highest BCUT2D eigenvalue weighted by Crippen LogP contribution is 2.28. The van der Waals surface area contributed by atoms with E-state index in [1.54, 1.807) is 24.2 Å². The number of hydrogen-bond donors (Lipinski definition) is 0. The van der Waals surface area contributed by atoms with Crippen LogP contribution in [0.4, 0.5) is 0 Å². The number of carbonyl (C=O) groups is 1. The van der Waals surface area contributed by atoms with Gasteiger partial charge in [0.2, 0.25) is 5.91 Å². The van der Waals surface area contributed by atoms with Crippen molar-refractivity contribution in [2.75, 3.05) is 7.05 Å². The fourth-order valence-corrected chi connectivity index (χ4v) is 3.24. The SMILES string of the molecule is CC(c1cccc(Cl)c1)N(C)C(=O)CCc1ncc(-c2ccccc2Cl)o1. The third-order valence-corrected chi connectivity index (χ3v) is 5.12. The molecule has 0 N–H and O–H groups in total. The monoisotopic (exact) mass is 402 g/mol. The predicted molar refractivity (Wildman–Crippen MR) is 108 cm³/mol. The summed E-state index contributed by atoms with van der Waals surface area (Å²) in [6, 6.07) is 14.9. The molecule has 1 amide bonds. The maximum atomic E-state index is 12.5. The largest absolute Gasteiger partial charge is 0.441 e. The lowest BCUT2D eigenvalue weighted by Crippen LogP contribution is -2.29. The molecule has 0 spiro atoms. The molecule has 4 nitrogen and oxygen atoms in total. The molecule has 0 fully saturated rings. The minimum absolute atomic E-state index is 0.0139. The van der Waals surface area contributed by atoms with Gasteiger partial charge in [0, 0.05) is 30.5 Å². The Hall–Kier alpha value is -2.30. The van der Waals surface area contributed by atoms with Gasteiger partial charge in [-0.05, 0) is 36.8 Å². The Bertz CT molecular complexity index is 939. The molecule has 27 heavy (non-hydrogen) atoms. The van der Waals surface area contributed by atoms with E-state index in [9.17, 15) is 4.79 Å². The number of rotatable bonds is 6. The molecule has 0 saturated heterocycles. The molecule has 1 atom stereocenters. The normalized spacial score (nSPS) is 12.0. The van der Waals surface area contributed by atoms with E-state index in [-0.39, 0.29) is 11.9 Å². The van der Waals surface area contributed by atoms with Crippen LogP contribution in [0.15, 0.2) is 59.1 Å². The van der Waals surface area contributed by atoms with Crippen molar-refractivity contribution in [1.82, 2.24) is 9.88 Å². The first-order valence-corrected chi connectivity index (χ1v) is 9.42. The van der Waals surface area contributed by atoms with Gasteiger partial charge in [-0.2, -0.15) is 0 Å². The van der Waals surface area contributed by atoms with Gasteiger partial charge in [-0.1, -0.05) is 47.5 Å². The van der Waals surface area contributed by atoms with Crippen molar-refractivity contribution >= 4 is 29.1 Å². The Kier molecular flexibility index (Phi) is 6.19. The molecule has 1 aromatic heterocycles. The Balaban J connectivity index is 1.61. The summed E-state index contributed by atoms with van der Waals surface area (Å²) in [5, 5.41) is 1.26. The number of carbonyl (C=O) groups excluding carboxylic acids is 1. The first-order chi connectivity index (χ1) is 13.0. The molecule has 6 heteroatoms. The van der Waals surface area contributed by atoms with Gasteiger partial charge in [-0.3, -0.25) is 4.79 Å². The molecule has 1 unspecified atom stereocenters. The topological polar surface area (TPSA) is 46.3 Å². The van der Waals surface area contributed by atoms with Crippen LogP contribution in [-0.2, 0) is 11.2 Å². The third-order valence-electron chi connectivity index (χ3n) is 4.55. The average molecular weight is 403 g/mol. The van der Waals surface area contributed by atoms with Crippen molar-refractivity contribution in [3.05, 3.63) is 76.2 Å². The fourth-order valence-electron chi connectivity index (χ4n) is 2.81. The van der Waals surface area contributed by atoms with E-state index >= 15 is 0 Å². The Morgan fingerprint density at radius 1 is 1.19 bits per heavy atom. The zero-order chi connectivity index (χ0) is 19.4. The van der Waals surface area contributed by atoms with Gasteiger partial charge in [0.1, 0.15) is 0 Å². The summed E-state index contributed by atoms with van der Waals surface area (Å²) >= 11 is 12.2. The van der Waals surface area contributed by atoms with Crippen molar-refractivity contribution in [3.8, 4) is 11.3 Å². The van der Waals surface area contributed by atoms with Crippen molar-refractivity contribution in [2.45, 2.75) is 25.8 Å². The summed E-state index contributed by atoms with van der Waals surface area (Å²) in [5.41, 5.74) is 1.78. The summed E-state index contributed by atoms with van der Waals surface area (Å²) in [6.45, 7) is 1.98. The second-order valence-electron chi connectivity index (χ2n) is 6.33. The van der Waals surface area contributed by atoms with E-state index in [0.29, 0.717) is 34.5 Å². The van der Waals surface area contributed by atoms with E-state index in [1.165, 1.54) is 0 Å². The standard InChI is InChI=1S/C21H20Cl2N2O2/c1-14(15-6-5-7-16(22)12-15)25(2)21(26)11-10-20-24-13-19(27-20)17-8-3-4-9-18(17)23/h3-9,12-14H,10-11H2,1-2H3. The summed E-state index contributed by atoms with van der Waals surface area (Å²) in [4.78, 5) is 18.5. The lowest BCUT2D eigenvalue weighted by atomic mass is 10.1. The van der Waals surface area contributed by atoms with Crippen molar-refractivity contribution in [3.63, 3.8) is 0 Å². The molecule has 3 rings (SSSR count). The Morgan fingerprint density at radius 3 is 2.70 bits per heavy atom. The van der Waals surface area contributed by atoms with Gasteiger partial charge in [-0.25, -0.2) is 4.98 Å². The number of amides is 1. The molecule has 0 radical (unpaired) electrons. The van der Waals surface area contributed by atoms with Crippen molar-refractivity contribution < 1.29 is 9.21 Å². The highest BCUT2D eigenvalue weighted by atomic mass is 35.5. The molecule has 0 saturated carbocycles. The van der Waals surface area contributed by atoms with E-state index in [2.05, 4.69) is 4.98 Å². The maximum absolute atomic E-state index is 12.5. The molecule has 0 aliphatic rings. The lowest BCUT2D eigenvalue weighted by Gasteiger charge is -2.25. The molecule has 1 heterocycles. The molecule has 0 aliphatic carbocycles. The fraction of sp³-hybridized carbons (Fsp3) is 0.238. The number of aryl methyl sites for hydroxylation is 1. The number of aromatic nitrogens is 1. The van der Waals surface area contributed by atoms with Crippen LogP contribution in [0.1, 0.15) is 30.8 Å². The van der Waals surface area contributed by atoms with E-state index in [0.717, 1.165) is 11.1 Å². The van der Waals surface area contributed by atoms with Crippen LogP contribution in [0, 0.1) is 0 Å². The minimum Gasteiger partial charge on any atom is -0.441 e. The number of oxazole rings is 1. The van der Waals surface area contributed by atoms with Crippen LogP contribution in [0.5, 0.6) is 0 Å². The second-order valence-corrected chi connectivity index (χ2v) is 7.18. The van der Waals surface area contributed by atoms with Gasteiger partial charge < -0.3 is 9.32 Å². The summed E-state index contributed by atoms with van der Waals surface area (Å²) < 4.78 is 5.76. The zero-order valence-corrected chi connectivity index (χ0v) is 16.7. The van der Waals surface area contributed by atoms with Gasteiger partial charge >= 0.3 is 0 Å². The number of benzene rings is 2. The number of halogens is 2. The molecule has 3 aromatic rings. The second kappa shape index (κ2) is 8.59. The molecule has 2 aromatic carbocycles. The van der Waals surface area contributed by atoms with Gasteiger partial charge in [-0.15, -0.1) is 0 Å². The first kappa shape index (κ1) is 19.5. The van der Waals surface area contributed by atoms with Gasteiger partial charge in [0.25, 0.3) is 0 Å². The average Bonchev–Trinajstić information content (AvgIpc) is 3.14. The van der Waals surface area contributed by atoms with Crippen LogP contribution in [-0.4, -0.2) is 22.8 Å². The van der Waals surface area contributed by atoms with Crippen LogP contribution < -0.4 is 0 Å². The number of hydrogen-bond acceptors (Lipinski definition) is 3. The van der Waals surface area contributed by atoms with E-state index in [1.807, 2.05) is 49.4 Å². The van der Waals surface area contributed by atoms with Gasteiger partial charge in [0.15, 0.2) is 11.7 Å². The molecular weight excluding hydrogens is 383 g/mol. The van der Waals surface area contributed by atoms with Crippen LogP contribution in [0.3, 0.4) is 0 Å². The lowest BCUT2D eigenvalue weighted by molar-refractivity contribution is -0.131. The molecule has 140 valence electrons. The Labute approximate surface area is 168 Å². The van der Waals surface area contributed by atoms with Crippen LogP contribution >= 0.6 is 23.2 Å². The number of nitrogens with zero attached hydrogens (tertiary/aromatic N) is 2. The van der Waals surface area contributed by atoms with E-state index < -0.39 is 0 Å². The van der Waals surface area contributed by atoms with E-state index in [4.69, 9.17) is 27.6 Å². The Morgan fingerprint density at radius 2 is 1.96 bits per heavy atom. The zero-order valence-electron chi connectivity index (χ0n) is 15.2. The molecule has 0 aliphatic heterocycles. The molecular formula is C21H20Cl2N2O2. The van der Waals surface area contributed by atoms with Gasteiger partial charge in [0.05, 0.1) is 17.3 Å². The highest BCUT2D eigenvalue weighted by molar-refractivity contribution is 6.33. The van der Waals surface area contributed by atoms with Crippen LogP contribution in [0.25, 0.3) is 11.3 Å². The quantitative estimate of drug-likeness (QED) is 0.523.